The maximum atomic E-state index is 12.7. The Labute approximate surface area is 187 Å². The molecule has 1 unspecified atom stereocenters. The third kappa shape index (κ3) is 5.20. The number of benzene rings is 2. The van der Waals surface area contributed by atoms with Gasteiger partial charge in [-0.05, 0) is 61.3 Å². The topological polar surface area (TPSA) is 95.4 Å². The van der Waals surface area contributed by atoms with Crippen molar-refractivity contribution in [1.29, 1.82) is 0 Å². The normalized spacial score (nSPS) is 11.9. The minimum absolute atomic E-state index is 0.170. The number of aryl methyl sites for hydroxylation is 1. The predicted octanol–water partition coefficient (Wildman–Crippen LogP) is 4.42. The molecule has 1 heterocycles. The first-order valence-corrected chi connectivity index (χ1v) is 10.6. The Morgan fingerprint density at radius 3 is 2.53 bits per heavy atom. The van der Waals surface area contributed by atoms with Crippen molar-refractivity contribution in [3.05, 3.63) is 58.2 Å². The van der Waals surface area contributed by atoms with Gasteiger partial charge in [-0.2, -0.15) is 0 Å². The average molecular weight is 467 g/mol. The lowest BCUT2D eigenvalue weighted by Gasteiger charge is -2.09. The van der Waals surface area contributed by atoms with Gasteiger partial charge in [0.15, 0.2) is 0 Å². The average Bonchev–Trinajstić information content (AvgIpc) is 3.06. The van der Waals surface area contributed by atoms with E-state index in [9.17, 15) is 9.59 Å². The Morgan fingerprint density at radius 1 is 1.17 bits per heavy atom. The fourth-order valence-corrected chi connectivity index (χ4v) is 3.68. The molecule has 0 spiro atoms. The second-order valence-corrected chi connectivity index (χ2v) is 8.29. The SMILES string of the molecule is CC(O)CNC(=O)NSc1ccc(NC(=O)c2cc3c(Cl)c(Cl)ccc3n2C)cc1. The molecule has 2 aromatic carbocycles. The van der Waals surface area contributed by atoms with Gasteiger partial charge in [-0.1, -0.05) is 23.2 Å². The highest BCUT2D eigenvalue weighted by Crippen LogP contribution is 2.32. The molecule has 0 bridgehead atoms. The lowest BCUT2D eigenvalue weighted by molar-refractivity contribution is 0.101. The van der Waals surface area contributed by atoms with Gasteiger partial charge in [-0.25, -0.2) is 4.79 Å². The van der Waals surface area contributed by atoms with E-state index < -0.39 is 12.1 Å². The largest absolute Gasteiger partial charge is 0.392 e. The van der Waals surface area contributed by atoms with E-state index in [1.807, 2.05) is 6.07 Å². The van der Waals surface area contributed by atoms with Crippen molar-refractivity contribution in [2.75, 3.05) is 11.9 Å². The molecule has 0 saturated heterocycles. The lowest BCUT2D eigenvalue weighted by atomic mass is 10.2. The van der Waals surface area contributed by atoms with Crippen LogP contribution in [0.15, 0.2) is 47.4 Å². The second-order valence-electron chi connectivity index (χ2n) is 6.62. The minimum Gasteiger partial charge on any atom is -0.392 e. The van der Waals surface area contributed by atoms with Crippen LogP contribution in [0.2, 0.25) is 10.0 Å². The molecule has 3 aromatic rings. The molecule has 4 N–H and O–H groups in total. The summed E-state index contributed by atoms with van der Waals surface area (Å²) in [5.74, 6) is -0.281. The number of hydrogen-bond acceptors (Lipinski definition) is 4. The van der Waals surface area contributed by atoms with Crippen molar-refractivity contribution >= 4 is 63.7 Å². The summed E-state index contributed by atoms with van der Waals surface area (Å²) in [6.07, 6.45) is -0.613. The van der Waals surface area contributed by atoms with Crippen LogP contribution in [-0.2, 0) is 7.05 Å². The number of amides is 3. The van der Waals surface area contributed by atoms with E-state index in [0.29, 0.717) is 26.8 Å². The van der Waals surface area contributed by atoms with Gasteiger partial charge in [0, 0.05) is 35.1 Å². The zero-order chi connectivity index (χ0) is 21.8. The van der Waals surface area contributed by atoms with Gasteiger partial charge in [0.25, 0.3) is 5.91 Å². The van der Waals surface area contributed by atoms with Crippen molar-refractivity contribution in [1.82, 2.24) is 14.6 Å². The highest BCUT2D eigenvalue weighted by molar-refractivity contribution is 7.98. The summed E-state index contributed by atoms with van der Waals surface area (Å²) < 4.78 is 4.37. The molecule has 0 aliphatic carbocycles. The molecule has 1 atom stereocenters. The fraction of sp³-hybridized carbons (Fsp3) is 0.200. The van der Waals surface area contributed by atoms with Gasteiger partial charge in [0.1, 0.15) is 5.69 Å². The molecule has 0 aliphatic rings. The summed E-state index contributed by atoms with van der Waals surface area (Å²) in [5, 5.41) is 16.1. The predicted molar refractivity (Wildman–Crippen MR) is 121 cm³/mol. The molecule has 0 radical (unpaired) electrons. The molecule has 10 heteroatoms. The van der Waals surface area contributed by atoms with Crippen LogP contribution in [-0.4, -0.2) is 34.3 Å². The highest BCUT2D eigenvalue weighted by Gasteiger charge is 2.16. The number of hydrogen-bond donors (Lipinski definition) is 4. The van der Waals surface area contributed by atoms with Crippen LogP contribution in [0.4, 0.5) is 10.5 Å². The van der Waals surface area contributed by atoms with E-state index >= 15 is 0 Å². The summed E-state index contributed by atoms with van der Waals surface area (Å²) >= 11 is 13.4. The maximum absolute atomic E-state index is 12.7. The molecule has 158 valence electrons. The molecule has 0 fully saturated rings. The van der Waals surface area contributed by atoms with Crippen molar-refractivity contribution < 1.29 is 14.7 Å². The number of rotatable bonds is 6. The van der Waals surface area contributed by atoms with Crippen molar-refractivity contribution in [2.45, 2.75) is 17.9 Å². The van der Waals surface area contributed by atoms with Crippen LogP contribution in [0.5, 0.6) is 0 Å². The number of aliphatic hydroxyl groups is 1. The van der Waals surface area contributed by atoms with E-state index in [0.717, 1.165) is 22.4 Å². The first-order chi connectivity index (χ1) is 14.3. The third-order valence-electron chi connectivity index (χ3n) is 4.28. The third-order valence-corrected chi connectivity index (χ3v) is 5.89. The van der Waals surface area contributed by atoms with Crippen LogP contribution in [0.3, 0.4) is 0 Å². The van der Waals surface area contributed by atoms with E-state index in [1.54, 1.807) is 54.9 Å². The Morgan fingerprint density at radius 2 is 1.87 bits per heavy atom. The minimum atomic E-state index is -0.613. The van der Waals surface area contributed by atoms with Gasteiger partial charge < -0.3 is 20.3 Å². The zero-order valence-electron chi connectivity index (χ0n) is 16.2. The highest BCUT2D eigenvalue weighted by atomic mass is 35.5. The van der Waals surface area contributed by atoms with Gasteiger partial charge in [-0.15, -0.1) is 0 Å². The maximum Gasteiger partial charge on any atom is 0.325 e. The van der Waals surface area contributed by atoms with E-state index in [1.165, 1.54) is 0 Å². The van der Waals surface area contributed by atoms with Gasteiger partial charge in [-0.3, -0.25) is 9.52 Å². The number of nitrogens with one attached hydrogen (secondary N) is 3. The Balaban J connectivity index is 1.64. The smallest absolute Gasteiger partial charge is 0.325 e. The van der Waals surface area contributed by atoms with Gasteiger partial charge >= 0.3 is 6.03 Å². The molecule has 0 aliphatic heterocycles. The van der Waals surface area contributed by atoms with Crippen molar-refractivity contribution in [2.24, 2.45) is 7.05 Å². The summed E-state index contributed by atoms with van der Waals surface area (Å²) in [7, 11) is 1.79. The number of urea groups is 1. The quantitative estimate of drug-likeness (QED) is 0.404. The summed E-state index contributed by atoms with van der Waals surface area (Å²) in [6, 6.07) is 11.8. The Kier molecular flexibility index (Phi) is 7.14. The summed E-state index contributed by atoms with van der Waals surface area (Å²) in [4.78, 5) is 25.1. The molecule has 3 rings (SSSR count). The number of nitrogens with zero attached hydrogens (tertiary/aromatic N) is 1. The summed E-state index contributed by atoms with van der Waals surface area (Å²) in [5.41, 5.74) is 1.86. The van der Waals surface area contributed by atoms with Crippen LogP contribution in [0, 0.1) is 0 Å². The molecule has 3 amide bonds. The van der Waals surface area contributed by atoms with Crippen LogP contribution >= 0.6 is 35.1 Å². The van der Waals surface area contributed by atoms with Crippen molar-refractivity contribution in [3.63, 3.8) is 0 Å². The lowest BCUT2D eigenvalue weighted by Crippen LogP contribution is -2.35. The fourth-order valence-electron chi connectivity index (χ4n) is 2.75. The molecule has 7 nitrogen and oxygen atoms in total. The number of aromatic nitrogens is 1. The van der Waals surface area contributed by atoms with Crippen LogP contribution in [0.25, 0.3) is 10.9 Å². The summed E-state index contributed by atoms with van der Waals surface area (Å²) in [6.45, 7) is 1.76. The number of carbonyl (C=O) groups is 2. The molecular weight excluding hydrogens is 447 g/mol. The first kappa shape index (κ1) is 22.3. The Bertz CT molecular complexity index is 1080. The number of fused-ring (bicyclic) bond motifs is 1. The monoisotopic (exact) mass is 466 g/mol. The van der Waals surface area contributed by atoms with E-state index in [4.69, 9.17) is 28.3 Å². The van der Waals surface area contributed by atoms with E-state index in [-0.39, 0.29) is 12.5 Å². The molecule has 1 aromatic heterocycles. The Hall–Kier alpha value is -2.39. The second kappa shape index (κ2) is 9.61. The standard InChI is InChI=1S/C20H20Cl2N4O3S/c1-11(27)10-23-20(29)25-30-13-5-3-12(4-6-13)24-19(28)17-9-14-16(26(17)2)8-7-15(21)18(14)22/h3-9,11,27H,10H2,1-2H3,(H,24,28)(H2,23,25,29). The number of halogens is 2. The van der Waals surface area contributed by atoms with Crippen LogP contribution in [0.1, 0.15) is 17.4 Å². The number of carbonyl (C=O) groups excluding carboxylic acids is 2. The molecular formula is C20H20Cl2N4O3S. The molecule has 30 heavy (non-hydrogen) atoms. The first-order valence-electron chi connectivity index (χ1n) is 9.00. The number of aliphatic hydroxyl groups excluding tert-OH is 1. The number of anilines is 1. The van der Waals surface area contributed by atoms with Gasteiger partial charge in [0.05, 0.1) is 16.1 Å². The zero-order valence-corrected chi connectivity index (χ0v) is 18.5. The van der Waals surface area contributed by atoms with E-state index in [2.05, 4.69) is 15.4 Å². The van der Waals surface area contributed by atoms with Crippen LogP contribution < -0.4 is 15.4 Å². The van der Waals surface area contributed by atoms with Gasteiger partial charge in [0.2, 0.25) is 0 Å². The van der Waals surface area contributed by atoms with Crippen molar-refractivity contribution in [3.8, 4) is 0 Å². The molecule has 0 saturated carbocycles.